The number of amides is 8. The number of carboxylic acids is 1. The number of aromatic nitrogens is 3. The normalized spacial score (nSPS) is 14.4. The predicted octanol–water partition coefficient (Wildman–Crippen LogP) is -0.122. The zero-order chi connectivity index (χ0) is 63.8. The molecule has 0 aliphatic carbocycles. The molecule has 7 aromatic rings. The number of aromatic amines is 3. The van der Waals surface area contributed by atoms with Crippen LogP contribution >= 0.6 is 0 Å². The fraction of sp³-hybridized carbons (Fsp3) is 0.344. The summed E-state index contributed by atoms with van der Waals surface area (Å²) in [6.07, 6.45) is 2.22. The Morgan fingerprint density at radius 3 is 1.30 bits per heavy atom. The van der Waals surface area contributed by atoms with Gasteiger partial charge in [-0.15, -0.1) is 0 Å². The summed E-state index contributed by atoms with van der Waals surface area (Å²) < 4.78 is 0. The fourth-order valence-electron chi connectivity index (χ4n) is 10.1. The topological polar surface area (TPSA) is 462 Å². The number of nitrogens with one attached hydrogen (secondary N) is 10. The Morgan fingerprint density at radius 1 is 0.500 bits per heavy atom. The lowest BCUT2D eigenvalue weighted by molar-refractivity contribution is -0.141. The molecule has 3 aromatic heterocycles. The minimum Gasteiger partial charge on any atom is -0.508 e. The summed E-state index contributed by atoms with van der Waals surface area (Å²) in [4.78, 5) is 140. The van der Waals surface area contributed by atoms with Crippen LogP contribution < -0.4 is 60.2 Å². The second kappa shape index (κ2) is 30.2. The van der Waals surface area contributed by atoms with Crippen LogP contribution in [0.1, 0.15) is 62.3 Å². The number of carbonyl (C=O) groups excluding carboxylic acids is 8. The van der Waals surface area contributed by atoms with Crippen LogP contribution in [-0.4, -0.2) is 150 Å². The first-order valence-corrected chi connectivity index (χ1v) is 28.5. The molecule has 27 heteroatoms. The van der Waals surface area contributed by atoms with Gasteiger partial charge in [-0.1, -0.05) is 80.6 Å². The third-order valence-corrected chi connectivity index (χ3v) is 14.9. The van der Waals surface area contributed by atoms with E-state index in [0.29, 0.717) is 33.2 Å². The van der Waals surface area contributed by atoms with Crippen molar-refractivity contribution < 1.29 is 58.5 Å². The molecule has 88 heavy (non-hydrogen) atoms. The van der Waals surface area contributed by atoms with Gasteiger partial charge in [0.05, 0.1) is 12.5 Å². The number of nitrogens with zero attached hydrogens (tertiary/aromatic N) is 1. The van der Waals surface area contributed by atoms with Crippen LogP contribution in [0.2, 0.25) is 0 Å². The number of fused-ring (bicyclic) bond motifs is 3. The molecule has 8 amide bonds. The average molecular weight is 1210 g/mol. The minimum absolute atomic E-state index is 0.0501. The van der Waals surface area contributed by atoms with Gasteiger partial charge in [-0.25, -0.2) is 0 Å². The van der Waals surface area contributed by atoms with Crippen LogP contribution in [0.15, 0.2) is 121 Å². The standard InChI is InChI=1S/C61H75N15O12/c1-31(2)52(76-58(86)48(26-36-30-69-43-16-9-6-13-40(36)43)73-54(82)45(23-33-18-20-37(78)21-19-33)71-57(85)49(27-50(79)80)74-59(87)51(62)32(3)77)60(88)75-47(25-35-29-68-42-15-8-5-12-39(35)42)56(84)72-46(24-34-28-67-41-14-7-4-11-38(34)41)55(83)70-44(53(63)81)17-10-22-66-61(64)65/h4-9,11-16,18-21,28-32,44-49,51-52,67-69,77-78H,10,17,22-27,62H2,1-3H3,(H2,63,81)(H,70,83)(H,71,85)(H,72,84)(H,73,82)(H,74,87)(H,75,88)(H,76,86)(H,79,80)(H4,64,65,66)/t32-,44+,45+,46+,47-,48-,49+,51+,52+/m1/s1. The summed E-state index contributed by atoms with van der Waals surface area (Å²) in [6, 6.07) is 15.4. The smallest absolute Gasteiger partial charge is 0.305 e. The first-order chi connectivity index (χ1) is 41.9. The van der Waals surface area contributed by atoms with Crippen LogP contribution in [0.25, 0.3) is 32.7 Å². The van der Waals surface area contributed by atoms with Crippen molar-refractivity contribution in [1.82, 2.24) is 52.2 Å². The van der Waals surface area contributed by atoms with E-state index in [1.807, 2.05) is 42.5 Å². The number of primary amides is 1. The van der Waals surface area contributed by atoms with Crippen molar-refractivity contribution in [2.75, 3.05) is 6.54 Å². The summed E-state index contributed by atoms with van der Waals surface area (Å²) in [5.74, 6) is -9.83. The third-order valence-electron chi connectivity index (χ3n) is 14.9. The van der Waals surface area contributed by atoms with E-state index in [9.17, 15) is 44.1 Å². The maximum Gasteiger partial charge on any atom is 0.305 e. The molecule has 466 valence electrons. The highest BCUT2D eigenvalue weighted by Gasteiger charge is 2.37. The minimum atomic E-state index is -1.81. The number of hydrogen-bond donors (Lipinski definition) is 17. The summed E-state index contributed by atoms with van der Waals surface area (Å²) in [7, 11) is 0. The quantitative estimate of drug-likeness (QED) is 0.0153. The number of H-pyrrole nitrogens is 3. The van der Waals surface area contributed by atoms with Gasteiger partial charge in [-0.05, 0) is 78.3 Å². The van der Waals surface area contributed by atoms with Crippen LogP contribution in [0.4, 0.5) is 0 Å². The number of guanidine groups is 1. The number of hydrogen-bond acceptors (Lipinski definition) is 13. The number of aliphatic hydroxyl groups is 1. The number of aliphatic carboxylic acids is 1. The van der Waals surface area contributed by atoms with Crippen molar-refractivity contribution in [3.8, 4) is 5.75 Å². The molecule has 0 saturated carbocycles. The molecular formula is C61H75N15O12. The molecule has 4 aromatic carbocycles. The largest absolute Gasteiger partial charge is 0.508 e. The number of carboxylic acid groups (broad SMARTS) is 1. The molecule has 0 aliphatic heterocycles. The van der Waals surface area contributed by atoms with Crippen LogP contribution in [0.5, 0.6) is 5.75 Å². The highest BCUT2D eigenvalue weighted by molar-refractivity contribution is 6.00. The van der Waals surface area contributed by atoms with Gasteiger partial charge in [0.1, 0.15) is 54.1 Å². The van der Waals surface area contributed by atoms with Crippen molar-refractivity contribution in [3.63, 3.8) is 0 Å². The Morgan fingerprint density at radius 2 is 0.886 bits per heavy atom. The number of aliphatic hydroxyl groups excluding tert-OH is 1. The number of phenols is 1. The number of aliphatic imine (C=N–C) groups is 1. The number of benzene rings is 4. The van der Waals surface area contributed by atoms with Gasteiger partial charge in [-0.3, -0.25) is 48.1 Å². The highest BCUT2D eigenvalue weighted by atomic mass is 16.4. The molecular weight excluding hydrogens is 1130 g/mol. The van der Waals surface area contributed by atoms with Gasteiger partial charge >= 0.3 is 5.97 Å². The Kier molecular flexibility index (Phi) is 22.4. The second-order valence-electron chi connectivity index (χ2n) is 21.9. The number of phenolic OH excluding ortho intramolecular Hbond substituents is 1. The lowest BCUT2D eigenvalue weighted by Gasteiger charge is -2.29. The van der Waals surface area contributed by atoms with Gasteiger partial charge in [-0.2, -0.15) is 0 Å². The Labute approximate surface area is 505 Å². The molecule has 0 aliphatic rings. The Balaban J connectivity index is 1.20. The SMILES string of the molecule is CC(C)[C@H](NC(=O)[C@@H](Cc1c[nH]c2ccccc12)NC(=O)[C@H](Cc1ccc(O)cc1)NC(=O)[C@H](CC(=O)O)NC(=O)[C@@H](N)[C@@H](C)O)C(=O)N[C@H](Cc1c[nH]c2ccccc12)C(=O)N[C@@H](Cc1c[nH]c2ccccc12)C(=O)N[C@@H](CCCN=C(N)N)C(N)=O. The van der Waals surface area contributed by atoms with Gasteiger partial charge in [0.25, 0.3) is 0 Å². The summed E-state index contributed by atoms with van der Waals surface area (Å²) in [5.41, 5.74) is 26.9. The zero-order valence-corrected chi connectivity index (χ0v) is 48.7. The van der Waals surface area contributed by atoms with E-state index in [-0.39, 0.29) is 56.8 Å². The summed E-state index contributed by atoms with van der Waals surface area (Å²) in [6.45, 7) is 4.64. The van der Waals surface area contributed by atoms with Gasteiger partial charge in [0.2, 0.25) is 47.3 Å². The lowest BCUT2D eigenvalue weighted by Crippen LogP contribution is -2.62. The van der Waals surface area contributed by atoms with Crippen molar-refractivity contribution in [2.24, 2.45) is 33.8 Å². The third kappa shape index (κ3) is 17.7. The maximum absolute atomic E-state index is 15.1. The summed E-state index contributed by atoms with van der Waals surface area (Å²) in [5, 5.41) is 50.5. The molecule has 0 spiro atoms. The van der Waals surface area contributed by atoms with Gasteiger partial charge in [0.15, 0.2) is 5.96 Å². The number of rotatable bonds is 31. The van der Waals surface area contributed by atoms with E-state index >= 15 is 14.4 Å². The van der Waals surface area contributed by atoms with Crippen LogP contribution in [-0.2, 0) is 68.8 Å². The Bertz CT molecular complexity index is 3660. The summed E-state index contributed by atoms with van der Waals surface area (Å²) >= 11 is 0. The fourth-order valence-corrected chi connectivity index (χ4v) is 10.1. The van der Waals surface area contributed by atoms with E-state index in [1.54, 1.807) is 62.8 Å². The molecule has 0 unspecified atom stereocenters. The van der Waals surface area contributed by atoms with Crippen molar-refractivity contribution >= 4 is 91.9 Å². The van der Waals surface area contributed by atoms with E-state index < -0.39 is 120 Å². The first kappa shape index (κ1) is 65.3. The number of aromatic hydroxyl groups is 1. The monoisotopic (exact) mass is 1210 g/mol. The second-order valence-corrected chi connectivity index (χ2v) is 21.9. The molecule has 0 bridgehead atoms. The number of nitrogens with two attached hydrogens (primary N) is 4. The molecule has 3 heterocycles. The highest BCUT2D eigenvalue weighted by Crippen LogP contribution is 2.23. The van der Waals surface area contributed by atoms with E-state index in [0.717, 1.165) is 21.8 Å². The molecule has 7 rings (SSSR count). The number of para-hydroxylation sites is 3. The Hall–Kier alpha value is -10.3. The van der Waals surface area contributed by atoms with Crippen molar-refractivity contribution in [1.29, 1.82) is 0 Å². The molecule has 0 saturated heterocycles. The van der Waals surface area contributed by atoms with Crippen LogP contribution in [0, 0.1) is 5.92 Å². The van der Waals surface area contributed by atoms with E-state index in [2.05, 4.69) is 57.2 Å². The van der Waals surface area contributed by atoms with Crippen molar-refractivity contribution in [2.45, 2.75) is 120 Å². The zero-order valence-electron chi connectivity index (χ0n) is 48.7. The first-order valence-electron chi connectivity index (χ1n) is 28.5. The molecule has 9 atom stereocenters. The van der Waals surface area contributed by atoms with E-state index in [4.69, 9.17) is 22.9 Å². The van der Waals surface area contributed by atoms with Gasteiger partial charge < -0.3 is 90.4 Å². The van der Waals surface area contributed by atoms with Crippen LogP contribution in [0.3, 0.4) is 0 Å². The van der Waals surface area contributed by atoms with Crippen molar-refractivity contribution in [3.05, 3.63) is 138 Å². The van der Waals surface area contributed by atoms with E-state index in [1.165, 1.54) is 31.2 Å². The number of carbonyl (C=O) groups is 9. The molecule has 21 N–H and O–H groups in total. The lowest BCUT2D eigenvalue weighted by atomic mass is 9.98. The average Bonchev–Trinajstić information content (AvgIpc) is 3.85. The molecule has 27 nitrogen and oxygen atoms in total. The molecule has 0 radical (unpaired) electrons. The van der Waals surface area contributed by atoms with Gasteiger partial charge in [0, 0.05) is 83.5 Å². The maximum atomic E-state index is 15.1. The molecule has 0 fully saturated rings. The predicted molar refractivity (Wildman–Crippen MR) is 327 cm³/mol.